The molecule has 0 atom stereocenters. The van der Waals surface area contributed by atoms with Gasteiger partial charge in [0.2, 0.25) is 0 Å². The summed E-state index contributed by atoms with van der Waals surface area (Å²) in [4.78, 5) is 4.75. The smallest absolute Gasteiger partial charge is 0.104 e. The van der Waals surface area contributed by atoms with Crippen LogP contribution >= 0.6 is 0 Å². The number of aromatic nitrogens is 3. The molecule has 0 fully saturated rings. The van der Waals surface area contributed by atoms with Crippen molar-refractivity contribution < 1.29 is 0 Å². The second-order valence-corrected chi connectivity index (χ2v) is 11.8. The summed E-state index contributed by atoms with van der Waals surface area (Å²) in [5.41, 5.74) is 13.3. The zero-order valence-electron chi connectivity index (χ0n) is 25.2. The molecule has 5 aromatic carbocycles. The van der Waals surface area contributed by atoms with E-state index in [0.717, 1.165) is 44.7 Å². The van der Waals surface area contributed by atoms with Gasteiger partial charge in [-0.05, 0) is 98.5 Å². The number of nitrogens with zero attached hydrogens (tertiary/aromatic N) is 4. The van der Waals surface area contributed by atoms with Gasteiger partial charge in [0.25, 0.3) is 0 Å². The van der Waals surface area contributed by atoms with Crippen molar-refractivity contribution in [2.75, 3.05) is 0 Å². The van der Waals surface area contributed by atoms with Gasteiger partial charge in [-0.15, -0.1) is 0 Å². The van der Waals surface area contributed by atoms with E-state index in [1.54, 1.807) is 0 Å². The number of hydrogen-bond donors (Lipinski definition) is 0. The molecule has 0 aliphatic rings. The third-order valence-corrected chi connectivity index (χ3v) is 9.12. The zero-order chi connectivity index (χ0) is 30.1. The van der Waals surface area contributed by atoms with Crippen molar-refractivity contribution in [3.8, 4) is 28.7 Å². The van der Waals surface area contributed by atoms with E-state index in [0.29, 0.717) is 5.56 Å². The molecule has 8 rings (SSSR count). The predicted molar refractivity (Wildman–Crippen MR) is 182 cm³/mol. The molecule has 8 aromatic rings. The molecule has 44 heavy (non-hydrogen) atoms. The summed E-state index contributed by atoms with van der Waals surface area (Å²) < 4.78 is 4.56. The first-order chi connectivity index (χ1) is 21.5. The highest BCUT2D eigenvalue weighted by Gasteiger charge is 2.24. The van der Waals surface area contributed by atoms with Crippen LogP contribution in [0, 0.1) is 39.0 Å². The van der Waals surface area contributed by atoms with Crippen molar-refractivity contribution >= 4 is 43.6 Å². The van der Waals surface area contributed by atoms with Gasteiger partial charge in [-0.25, -0.2) is 0 Å². The lowest BCUT2D eigenvalue weighted by Gasteiger charge is -2.18. The van der Waals surface area contributed by atoms with Gasteiger partial charge in [0.15, 0.2) is 0 Å². The Labute approximate surface area is 256 Å². The molecule has 0 spiro atoms. The maximum atomic E-state index is 11.1. The largest absolute Gasteiger partial charge is 0.308 e. The van der Waals surface area contributed by atoms with Crippen molar-refractivity contribution in [2.45, 2.75) is 27.7 Å². The van der Waals surface area contributed by atoms with Crippen LogP contribution in [0.25, 0.3) is 66.2 Å². The molecule has 210 valence electrons. The van der Waals surface area contributed by atoms with Gasteiger partial charge >= 0.3 is 0 Å². The summed E-state index contributed by atoms with van der Waals surface area (Å²) in [6, 6.07) is 38.7. The van der Waals surface area contributed by atoms with Crippen molar-refractivity contribution in [1.29, 1.82) is 5.26 Å². The topological polar surface area (TPSA) is 46.5 Å². The van der Waals surface area contributed by atoms with E-state index in [4.69, 9.17) is 4.98 Å². The van der Waals surface area contributed by atoms with E-state index >= 15 is 0 Å². The maximum Gasteiger partial charge on any atom is 0.104 e. The number of pyridine rings is 1. The Morgan fingerprint density at radius 1 is 0.523 bits per heavy atom. The molecule has 0 unspecified atom stereocenters. The lowest BCUT2D eigenvalue weighted by atomic mass is 10.0. The van der Waals surface area contributed by atoms with Crippen molar-refractivity contribution in [1.82, 2.24) is 14.1 Å². The van der Waals surface area contributed by atoms with Crippen LogP contribution in [0.1, 0.15) is 27.8 Å². The van der Waals surface area contributed by atoms with Crippen LogP contribution in [-0.4, -0.2) is 14.1 Å². The summed E-state index contributed by atoms with van der Waals surface area (Å²) in [5.74, 6) is 0. The molecule has 0 amide bonds. The average Bonchev–Trinajstić information content (AvgIpc) is 3.57. The van der Waals surface area contributed by atoms with Gasteiger partial charge in [-0.2, -0.15) is 5.26 Å². The number of nitriles is 1. The first-order valence-corrected chi connectivity index (χ1v) is 15.0. The Morgan fingerprint density at radius 3 is 1.27 bits per heavy atom. The van der Waals surface area contributed by atoms with E-state index in [1.807, 2.05) is 24.4 Å². The van der Waals surface area contributed by atoms with Gasteiger partial charge in [-0.3, -0.25) is 4.98 Å². The molecule has 0 aliphatic heterocycles. The number of benzene rings is 5. The Kier molecular flexibility index (Phi) is 5.73. The lowest BCUT2D eigenvalue weighted by Crippen LogP contribution is -2.05. The van der Waals surface area contributed by atoms with Gasteiger partial charge in [0.1, 0.15) is 11.6 Å². The minimum Gasteiger partial charge on any atom is -0.308 e. The Balaban J connectivity index is 1.60. The van der Waals surface area contributed by atoms with Gasteiger partial charge in [0, 0.05) is 33.3 Å². The molecule has 0 bridgehead atoms. The van der Waals surface area contributed by atoms with Crippen molar-refractivity contribution in [3.05, 3.63) is 137 Å². The standard InChI is InChI=1S/C40H30N4/c1-24-11-7-16-31-37(24)38-25(2)12-8-17-32(38)43(31)35-21-28(30-15-5-6-20-42-30)22-36(29(35)23-41)44-33-18-9-13-26(3)39(33)40-27(4)14-10-19-34(40)44/h5-22H,1-4H3. The van der Waals surface area contributed by atoms with Crippen LogP contribution < -0.4 is 0 Å². The fourth-order valence-electron chi connectivity index (χ4n) is 7.19. The number of aryl methyl sites for hydroxylation is 4. The molecule has 4 nitrogen and oxygen atoms in total. The average molecular weight is 567 g/mol. The normalized spacial score (nSPS) is 11.6. The lowest BCUT2D eigenvalue weighted by molar-refractivity contribution is 1.11. The maximum absolute atomic E-state index is 11.1. The van der Waals surface area contributed by atoms with Crippen LogP contribution in [0.5, 0.6) is 0 Å². The van der Waals surface area contributed by atoms with Crippen molar-refractivity contribution in [3.63, 3.8) is 0 Å². The monoisotopic (exact) mass is 566 g/mol. The fourth-order valence-corrected chi connectivity index (χ4v) is 7.19. The predicted octanol–water partition coefficient (Wildman–Crippen LogP) is 10.0. The third-order valence-electron chi connectivity index (χ3n) is 9.12. The van der Waals surface area contributed by atoms with E-state index in [-0.39, 0.29) is 0 Å². The Hall–Kier alpha value is -5.66. The number of rotatable bonds is 3. The molecule has 3 heterocycles. The molecule has 0 aliphatic carbocycles. The second kappa shape index (κ2) is 9.69. The third kappa shape index (κ3) is 3.60. The Morgan fingerprint density at radius 2 is 0.932 bits per heavy atom. The van der Waals surface area contributed by atoms with Crippen LogP contribution in [0.4, 0.5) is 0 Å². The number of hydrogen-bond acceptors (Lipinski definition) is 2. The van der Waals surface area contributed by atoms with Crippen LogP contribution in [0.15, 0.2) is 109 Å². The van der Waals surface area contributed by atoms with Gasteiger partial charge in [-0.1, -0.05) is 54.6 Å². The molecular formula is C40H30N4. The first-order valence-electron chi connectivity index (χ1n) is 15.0. The van der Waals surface area contributed by atoms with Gasteiger partial charge < -0.3 is 9.13 Å². The molecule has 4 heteroatoms. The molecule has 0 saturated carbocycles. The van der Waals surface area contributed by atoms with Gasteiger partial charge in [0.05, 0.1) is 39.1 Å². The van der Waals surface area contributed by atoms with Crippen LogP contribution in [0.3, 0.4) is 0 Å². The summed E-state index contributed by atoms with van der Waals surface area (Å²) >= 11 is 0. The van der Waals surface area contributed by atoms with Crippen molar-refractivity contribution in [2.24, 2.45) is 0 Å². The first kappa shape index (κ1) is 26.0. The number of fused-ring (bicyclic) bond motifs is 6. The quantitative estimate of drug-likeness (QED) is 0.214. The molecule has 0 saturated heterocycles. The molecular weight excluding hydrogens is 536 g/mol. The zero-order valence-corrected chi connectivity index (χ0v) is 25.2. The van der Waals surface area contributed by atoms with E-state index in [2.05, 4.69) is 128 Å². The summed E-state index contributed by atoms with van der Waals surface area (Å²) in [7, 11) is 0. The molecule has 3 aromatic heterocycles. The second-order valence-electron chi connectivity index (χ2n) is 11.8. The highest BCUT2D eigenvalue weighted by atomic mass is 15.0. The highest BCUT2D eigenvalue weighted by molar-refractivity contribution is 6.14. The van der Waals surface area contributed by atoms with E-state index in [9.17, 15) is 5.26 Å². The summed E-state index contributed by atoms with van der Waals surface area (Å²) in [6.45, 7) is 8.68. The summed E-state index contributed by atoms with van der Waals surface area (Å²) in [6.07, 6.45) is 1.83. The SMILES string of the molecule is Cc1cccc2c1c1c(C)cccc1n2-c1cc(-c2ccccn2)cc(-n2c3cccc(C)c3c3c(C)cccc32)c1C#N. The molecule has 0 N–H and O–H groups in total. The molecule has 0 radical (unpaired) electrons. The minimum absolute atomic E-state index is 0.619. The van der Waals surface area contributed by atoms with E-state index < -0.39 is 0 Å². The van der Waals surface area contributed by atoms with E-state index in [1.165, 1.54) is 43.8 Å². The minimum atomic E-state index is 0.619. The van der Waals surface area contributed by atoms with Crippen LogP contribution in [-0.2, 0) is 0 Å². The highest BCUT2D eigenvalue weighted by Crippen LogP contribution is 2.42. The van der Waals surface area contributed by atoms with Crippen LogP contribution in [0.2, 0.25) is 0 Å². The fraction of sp³-hybridized carbons (Fsp3) is 0.100. The Bertz CT molecular complexity index is 2220. The summed E-state index contributed by atoms with van der Waals surface area (Å²) in [5, 5.41) is 16.0.